The predicted molar refractivity (Wildman–Crippen MR) is 68.5 cm³/mol. The highest BCUT2D eigenvalue weighted by Gasteiger charge is 2.20. The van der Waals surface area contributed by atoms with Gasteiger partial charge in [-0.05, 0) is 32.2 Å². The van der Waals surface area contributed by atoms with Crippen LogP contribution in [0.2, 0.25) is 0 Å². The van der Waals surface area contributed by atoms with Crippen LogP contribution in [0.4, 0.5) is 0 Å². The van der Waals surface area contributed by atoms with Crippen molar-refractivity contribution in [2.75, 3.05) is 26.0 Å². The molecule has 5 nitrogen and oxygen atoms in total. The molecule has 102 valence electrons. The standard InChI is InChI=1S/C11H24N2O3S/c1-3-10(9-16-2)13-17(14,15)8-4-7-12-11-5-6-11/h10-13H,3-9H2,1-2H3. The minimum Gasteiger partial charge on any atom is -0.383 e. The molecule has 0 aromatic rings. The number of sulfonamides is 1. The molecule has 1 aliphatic carbocycles. The SMILES string of the molecule is CCC(COC)NS(=O)(=O)CCCNC1CC1. The van der Waals surface area contributed by atoms with Crippen molar-refractivity contribution in [3.05, 3.63) is 0 Å². The van der Waals surface area contributed by atoms with Crippen molar-refractivity contribution in [1.82, 2.24) is 10.0 Å². The zero-order chi connectivity index (χ0) is 12.7. The number of methoxy groups -OCH3 is 1. The van der Waals surface area contributed by atoms with Crippen LogP contribution in [0, 0.1) is 0 Å². The molecule has 1 fully saturated rings. The summed E-state index contributed by atoms with van der Waals surface area (Å²) in [5.41, 5.74) is 0. The second-order valence-electron chi connectivity index (χ2n) is 4.58. The van der Waals surface area contributed by atoms with E-state index in [0.29, 0.717) is 19.1 Å². The summed E-state index contributed by atoms with van der Waals surface area (Å²) in [4.78, 5) is 0. The Labute approximate surface area is 104 Å². The molecule has 17 heavy (non-hydrogen) atoms. The van der Waals surface area contributed by atoms with Gasteiger partial charge in [-0.25, -0.2) is 13.1 Å². The van der Waals surface area contributed by atoms with Crippen molar-refractivity contribution in [2.24, 2.45) is 0 Å². The van der Waals surface area contributed by atoms with Gasteiger partial charge in [0.15, 0.2) is 0 Å². The quantitative estimate of drug-likeness (QED) is 0.563. The van der Waals surface area contributed by atoms with E-state index in [9.17, 15) is 8.42 Å². The summed E-state index contributed by atoms with van der Waals surface area (Å²) in [6.07, 6.45) is 3.87. The van der Waals surface area contributed by atoms with Gasteiger partial charge in [-0.15, -0.1) is 0 Å². The van der Waals surface area contributed by atoms with Crippen LogP contribution >= 0.6 is 0 Å². The maximum atomic E-state index is 11.7. The highest BCUT2D eigenvalue weighted by atomic mass is 32.2. The Morgan fingerprint density at radius 2 is 2.12 bits per heavy atom. The lowest BCUT2D eigenvalue weighted by atomic mass is 10.3. The van der Waals surface area contributed by atoms with Crippen LogP contribution in [0.15, 0.2) is 0 Å². The largest absolute Gasteiger partial charge is 0.383 e. The Hall–Kier alpha value is -0.170. The maximum Gasteiger partial charge on any atom is 0.211 e. The number of hydrogen-bond donors (Lipinski definition) is 2. The lowest BCUT2D eigenvalue weighted by molar-refractivity contribution is 0.173. The summed E-state index contributed by atoms with van der Waals surface area (Å²) in [5, 5.41) is 3.30. The molecule has 6 heteroatoms. The predicted octanol–water partition coefficient (Wildman–Crippen LogP) is 0.473. The first-order chi connectivity index (χ1) is 8.07. The third kappa shape index (κ3) is 6.98. The zero-order valence-corrected chi connectivity index (χ0v) is 11.6. The molecule has 1 unspecified atom stereocenters. The molecule has 0 spiro atoms. The van der Waals surface area contributed by atoms with Gasteiger partial charge in [0, 0.05) is 19.2 Å². The first kappa shape index (κ1) is 14.9. The minimum atomic E-state index is -3.16. The summed E-state index contributed by atoms with van der Waals surface area (Å²) in [6, 6.07) is 0.531. The molecule has 0 radical (unpaired) electrons. The van der Waals surface area contributed by atoms with Gasteiger partial charge in [0.2, 0.25) is 10.0 Å². The van der Waals surface area contributed by atoms with Gasteiger partial charge in [-0.3, -0.25) is 0 Å². The van der Waals surface area contributed by atoms with Crippen LogP contribution in [0.3, 0.4) is 0 Å². The highest BCUT2D eigenvalue weighted by molar-refractivity contribution is 7.89. The molecule has 0 saturated heterocycles. The lowest BCUT2D eigenvalue weighted by Gasteiger charge is -2.16. The van der Waals surface area contributed by atoms with Crippen LogP contribution in [-0.4, -0.2) is 46.5 Å². The summed E-state index contributed by atoms with van der Waals surface area (Å²) >= 11 is 0. The minimum absolute atomic E-state index is 0.110. The highest BCUT2D eigenvalue weighted by Crippen LogP contribution is 2.18. The summed E-state index contributed by atoms with van der Waals surface area (Å²) in [6.45, 7) is 3.16. The normalized spacial score (nSPS) is 18.2. The maximum absolute atomic E-state index is 11.7. The molecule has 0 bridgehead atoms. The fraction of sp³-hybridized carbons (Fsp3) is 1.00. The van der Waals surface area contributed by atoms with E-state index in [1.165, 1.54) is 12.8 Å². The van der Waals surface area contributed by atoms with Crippen molar-refractivity contribution in [3.8, 4) is 0 Å². The van der Waals surface area contributed by atoms with Crippen molar-refractivity contribution in [3.63, 3.8) is 0 Å². The van der Waals surface area contributed by atoms with Gasteiger partial charge in [0.1, 0.15) is 0 Å². The van der Waals surface area contributed by atoms with E-state index < -0.39 is 10.0 Å². The second-order valence-corrected chi connectivity index (χ2v) is 6.45. The Morgan fingerprint density at radius 1 is 1.41 bits per heavy atom. The molecule has 1 rings (SSSR count). The van der Waals surface area contributed by atoms with E-state index in [2.05, 4.69) is 10.0 Å². The molecule has 0 aromatic heterocycles. The van der Waals surface area contributed by atoms with E-state index >= 15 is 0 Å². The topological polar surface area (TPSA) is 67.4 Å². The molecule has 0 aromatic carbocycles. The van der Waals surface area contributed by atoms with Gasteiger partial charge in [-0.2, -0.15) is 0 Å². The van der Waals surface area contributed by atoms with Crippen LogP contribution in [0.5, 0.6) is 0 Å². The van der Waals surface area contributed by atoms with Gasteiger partial charge in [0.25, 0.3) is 0 Å². The summed E-state index contributed by atoms with van der Waals surface area (Å²) < 4.78 is 31.1. The molecular formula is C11H24N2O3S. The van der Waals surface area contributed by atoms with Crippen molar-refractivity contribution in [2.45, 2.75) is 44.7 Å². The molecule has 0 heterocycles. The average molecular weight is 264 g/mol. The smallest absolute Gasteiger partial charge is 0.211 e. The van der Waals surface area contributed by atoms with E-state index in [0.717, 1.165) is 13.0 Å². The van der Waals surface area contributed by atoms with Gasteiger partial charge >= 0.3 is 0 Å². The first-order valence-corrected chi connectivity index (χ1v) is 7.95. The first-order valence-electron chi connectivity index (χ1n) is 6.29. The molecular weight excluding hydrogens is 240 g/mol. The summed E-state index contributed by atoms with van der Waals surface area (Å²) in [5.74, 6) is 0.187. The van der Waals surface area contributed by atoms with Crippen molar-refractivity contribution >= 4 is 10.0 Å². The van der Waals surface area contributed by atoms with E-state index in [4.69, 9.17) is 4.74 Å². The molecule has 0 aliphatic heterocycles. The van der Waals surface area contributed by atoms with Gasteiger partial charge in [-0.1, -0.05) is 6.92 Å². The number of rotatable bonds is 10. The second kappa shape index (κ2) is 7.31. The van der Waals surface area contributed by atoms with Crippen LogP contribution in [0.25, 0.3) is 0 Å². The third-order valence-corrected chi connectivity index (χ3v) is 4.33. The molecule has 1 aliphatic rings. The molecule has 0 amide bonds. The van der Waals surface area contributed by atoms with Crippen molar-refractivity contribution < 1.29 is 13.2 Å². The number of nitrogens with one attached hydrogen (secondary N) is 2. The monoisotopic (exact) mass is 264 g/mol. The number of hydrogen-bond acceptors (Lipinski definition) is 4. The van der Waals surface area contributed by atoms with E-state index in [1.807, 2.05) is 6.92 Å². The van der Waals surface area contributed by atoms with Crippen LogP contribution in [-0.2, 0) is 14.8 Å². The van der Waals surface area contributed by atoms with E-state index in [-0.39, 0.29) is 11.8 Å². The molecule has 1 saturated carbocycles. The van der Waals surface area contributed by atoms with Crippen molar-refractivity contribution in [1.29, 1.82) is 0 Å². The third-order valence-electron chi connectivity index (χ3n) is 2.81. The fourth-order valence-electron chi connectivity index (χ4n) is 1.61. The van der Waals surface area contributed by atoms with Gasteiger partial charge in [0.05, 0.1) is 12.4 Å². The average Bonchev–Trinajstić information content (AvgIpc) is 3.07. The molecule has 1 atom stereocenters. The Morgan fingerprint density at radius 3 is 2.65 bits per heavy atom. The zero-order valence-electron chi connectivity index (χ0n) is 10.7. The van der Waals surface area contributed by atoms with Crippen LogP contribution in [0.1, 0.15) is 32.6 Å². The molecule has 2 N–H and O–H groups in total. The number of ether oxygens (including phenoxy) is 1. The van der Waals surface area contributed by atoms with Crippen LogP contribution < -0.4 is 10.0 Å². The Balaban J connectivity index is 2.18. The van der Waals surface area contributed by atoms with Gasteiger partial charge < -0.3 is 10.1 Å². The lowest BCUT2D eigenvalue weighted by Crippen LogP contribution is -2.39. The summed E-state index contributed by atoms with van der Waals surface area (Å²) in [7, 11) is -1.58. The Kier molecular flexibility index (Phi) is 6.40. The Bertz CT molecular complexity index is 302. The fourth-order valence-corrected chi connectivity index (χ4v) is 2.99. The van der Waals surface area contributed by atoms with E-state index in [1.54, 1.807) is 7.11 Å².